The fourth-order valence-corrected chi connectivity index (χ4v) is 2.33. The molecule has 0 atom stereocenters. The molecule has 0 heterocycles. The molecule has 0 saturated carbocycles. The summed E-state index contributed by atoms with van der Waals surface area (Å²) in [7, 11) is 1.27. The zero-order valence-corrected chi connectivity index (χ0v) is 10.3. The first-order valence-electron chi connectivity index (χ1n) is 5.92. The highest BCUT2D eigenvalue weighted by Crippen LogP contribution is 2.34. The second-order valence-electron chi connectivity index (χ2n) is 4.32. The first kappa shape index (κ1) is 11.5. The van der Waals surface area contributed by atoms with Crippen molar-refractivity contribution in [3.63, 3.8) is 0 Å². The number of methoxy groups -OCH3 is 1. The van der Waals surface area contributed by atoms with E-state index in [1.807, 2.05) is 30.3 Å². The number of carbonyl (C=O) groups excluding carboxylic acids is 1. The Morgan fingerprint density at radius 3 is 2.42 bits per heavy atom. The summed E-state index contributed by atoms with van der Waals surface area (Å²) >= 11 is 0. The van der Waals surface area contributed by atoms with Crippen LogP contribution in [-0.2, 0) is 9.84 Å². The Bertz CT molecular complexity index is 790. The smallest absolute Gasteiger partial charge is 0.341 e. The first-order valence-corrected chi connectivity index (χ1v) is 5.92. The molecule has 0 bridgehead atoms. The third kappa shape index (κ3) is 1.71. The van der Waals surface area contributed by atoms with Crippen LogP contribution in [-0.4, -0.2) is 13.1 Å². The van der Waals surface area contributed by atoms with Crippen LogP contribution >= 0.6 is 0 Å². The number of carbonyl (C=O) groups is 1. The number of ether oxygens (including phenoxy) is 1. The van der Waals surface area contributed by atoms with Crippen LogP contribution in [0, 0.1) is 0 Å². The largest absolute Gasteiger partial charge is 0.465 e. The lowest BCUT2D eigenvalue weighted by Gasteiger charge is -2.07. The molecule has 3 aromatic carbocycles. The third-order valence-corrected chi connectivity index (χ3v) is 3.28. The average molecular weight is 251 g/mol. The minimum atomic E-state index is -0.597. The van der Waals surface area contributed by atoms with Crippen molar-refractivity contribution in [2.45, 2.75) is 0 Å². The van der Waals surface area contributed by atoms with Crippen molar-refractivity contribution in [1.82, 2.24) is 0 Å². The molecule has 3 heteroatoms. The Morgan fingerprint density at radius 1 is 0.895 bits per heavy atom. The highest BCUT2D eigenvalue weighted by molar-refractivity contribution is 6.12. The molecule has 0 aliphatic heterocycles. The molecular formula is C16H11O3. The molecule has 3 nitrogen and oxygen atoms in total. The van der Waals surface area contributed by atoms with Crippen molar-refractivity contribution >= 4 is 27.5 Å². The fourth-order valence-electron chi connectivity index (χ4n) is 2.33. The van der Waals surface area contributed by atoms with Gasteiger partial charge in [0.2, 0.25) is 5.75 Å². The van der Waals surface area contributed by atoms with Crippen LogP contribution in [0.4, 0.5) is 0 Å². The molecular weight excluding hydrogens is 240 g/mol. The predicted molar refractivity (Wildman–Crippen MR) is 72.9 cm³/mol. The van der Waals surface area contributed by atoms with Crippen LogP contribution in [0.1, 0.15) is 10.4 Å². The normalized spacial score (nSPS) is 10.8. The predicted octanol–water partition coefficient (Wildman–Crippen LogP) is 3.92. The molecule has 3 aromatic rings. The summed E-state index contributed by atoms with van der Waals surface area (Å²) in [5.74, 6) is -0.879. The molecule has 3 rings (SSSR count). The van der Waals surface area contributed by atoms with Crippen LogP contribution in [0.15, 0.2) is 48.5 Å². The number of fused-ring (bicyclic) bond motifs is 3. The number of esters is 1. The Labute approximate surface area is 110 Å². The van der Waals surface area contributed by atoms with Crippen molar-refractivity contribution in [3.05, 3.63) is 54.1 Å². The topological polar surface area (TPSA) is 46.2 Å². The van der Waals surface area contributed by atoms with E-state index in [2.05, 4.69) is 4.74 Å². The standard InChI is InChI=1S/C16H11O3/c1-19-16(18)14-9-8-12-11-5-3-2-4-10(11)6-7-13(12)15(14)17/h2-9H,1H3. The number of benzene rings is 3. The quantitative estimate of drug-likeness (QED) is 0.486. The van der Waals surface area contributed by atoms with Gasteiger partial charge in [-0.05, 0) is 28.3 Å². The molecule has 1 radical (unpaired) electrons. The summed E-state index contributed by atoms with van der Waals surface area (Å²) in [5, 5.41) is 15.7. The molecule has 0 amide bonds. The van der Waals surface area contributed by atoms with E-state index in [-0.39, 0.29) is 11.3 Å². The van der Waals surface area contributed by atoms with Gasteiger partial charge in [-0.3, -0.25) is 5.11 Å². The van der Waals surface area contributed by atoms with Crippen LogP contribution in [0.25, 0.3) is 21.5 Å². The zero-order valence-electron chi connectivity index (χ0n) is 10.3. The molecule has 0 aromatic heterocycles. The van der Waals surface area contributed by atoms with E-state index in [4.69, 9.17) is 0 Å². The van der Waals surface area contributed by atoms with Gasteiger partial charge >= 0.3 is 5.97 Å². The SMILES string of the molecule is COC(=O)c1ccc2c(ccc3ccccc32)c1[O]. The Morgan fingerprint density at radius 2 is 1.63 bits per heavy atom. The molecule has 19 heavy (non-hydrogen) atoms. The molecule has 0 aliphatic carbocycles. The summed E-state index contributed by atoms with van der Waals surface area (Å²) in [6.45, 7) is 0. The van der Waals surface area contributed by atoms with Crippen LogP contribution in [0.5, 0.6) is 5.75 Å². The molecule has 0 spiro atoms. The van der Waals surface area contributed by atoms with Crippen molar-refractivity contribution in [2.75, 3.05) is 7.11 Å². The molecule has 0 fully saturated rings. The molecule has 0 saturated heterocycles. The summed E-state index contributed by atoms with van der Waals surface area (Å²) < 4.78 is 4.61. The second kappa shape index (κ2) is 4.28. The number of hydrogen-bond acceptors (Lipinski definition) is 2. The third-order valence-electron chi connectivity index (χ3n) is 3.28. The maximum Gasteiger partial charge on any atom is 0.341 e. The van der Waals surface area contributed by atoms with Gasteiger partial charge in [-0.25, -0.2) is 4.79 Å². The Hall–Kier alpha value is -2.55. The van der Waals surface area contributed by atoms with Gasteiger partial charge in [0.05, 0.1) is 7.11 Å². The first-order chi connectivity index (χ1) is 9.22. The monoisotopic (exact) mass is 251 g/mol. The van der Waals surface area contributed by atoms with Crippen LogP contribution in [0.2, 0.25) is 0 Å². The van der Waals surface area contributed by atoms with E-state index in [0.717, 1.165) is 16.2 Å². The van der Waals surface area contributed by atoms with E-state index in [1.165, 1.54) is 13.2 Å². The van der Waals surface area contributed by atoms with Crippen molar-refractivity contribution in [3.8, 4) is 5.75 Å². The highest BCUT2D eigenvalue weighted by atomic mass is 16.5. The van der Waals surface area contributed by atoms with Gasteiger partial charge in [0.25, 0.3) is 0 Å². The van der Waals surface area contributed by atoms with Crippen LogP contribution < -0.4 is 0 Å². The molecule has 93 valence electrons. The Balaban J connectivity index is 2.39. The summed E-state index contributed by atoms with van der Waals surface area (Å²) in [6.07, 6.45) is 0. The van der Waals surface area contributed by atoms with E-state index in [9.17, 15) is 9.90 Å². The van der Waals surface area contributed by atoms with Gasteiger partial charge in [0, 0.05) is 5.39 Å². The maximum absolute atomic E-state index is 12.3. The summed E-state index contributed by atoms with van der Waals surface area (Å²) in [6, 6.07) is 14.8. The highest BCUT2D eigenvalue weighted by Gasteiger charge is 2.16. The van der Waals surface area contributed by atoms with Gasteiger partial charge in [0.15, 0.2) is 0 Å². The average Bonchev–Trinajstić information content (AvgIpc) is 2.46. The minimum Gasteiger partial charge on any atom is -0.465 e. The molecule has 0 unspecified atom stereocenters. The minimum absolute atomic E-state index is 0.0743. The van der Waals surface area contributed by atoms with Crippen molar-refractivity contribution in [2.24, 2.45) is 0 Å². The second-order valence-corrected chi connectivity index (χ2v) is 4.32. The zero-order chi connectivity index (χ0) is 13.4. The van der Waals surface area contributed by atoms with Gasteiger partial charge < -0.3 is 4.74 Å². The lowest BCUT2D eigenvalue weighted by molar-refractivity contribution is 0.0596. The van der Waals surface area contributed by atoms with Crippen molar-refractivity contribution < 1.29 is 14.6 Å². The van der Waals surface area contributed by atoms with E-state index in [0.29, 0.717) is 5.39 Å². The molecule has 0 N–H and O–H groups in total. The van der Waals surface area contributed by atoms with Gasteiger partial charge in [0.1, 0.15) is 5.56 Å². The van der Waals surface area contributed by atoms with E-state index < -0.39 is 5.97 Å². The van der Waals surface area contributed by atoms with Gasteiger partial charge in [-0.15, -0.1) is 0 Å². The molecule has 0 aliphatic rings. The maximum atomic E-state index is 12.3. The van der Waals surface area contributed by atoms with Gasteiger partial charge in [-0.2, -0.15) is 0 Å². The fraction of sp³-hybridized carbons (Fsp3) is 0.0625. The Kier molecular flexibility index (Phi) is 2.60. The summed E-state index contributed by atoms with van der Waals surface area (Å²) in [4.78, 5) is 11.5. The number of hydrogen-bond donors (Lipinski definition) is 0. The van der Waals surface area contributed by atoms with Gasteiger partial charge in [-0.1, -0.05) is 36.4 Å². The summed E-state index contributed by atoms with van der Waals surface area (Å²) in [5.41, 5.74) is 0.0743. The van der Waals surface area contributed by atoms with Crippen LogP contribution in [0.3, 0.4) is 0 Å². The lowest BCUT2D eigenvalue weighted by atomic mass is 9.99. The van der Waals surface area contributed by atoms with E-state index >= 15 is 0 Å². The van der Waals surface area contributed by atoms with Crippen molar-refractivity contribution in [1.29, 1.82) is 0 Å². The van der Waals surface area contributed by atoms with E-state index in [1.54, 1.807) is 12.1 Å². The number of rotatable bonds is 1. The lowest BCUT2D eigenvalue weighted by Crippen LogP contribution is -2.01.